The van der Waals surface area contributed by atoms with E-state index in [9.17, 15) is 14.7 Å². The average molecular weight is 1040 g/mol. The van der Waals surface area contributed by atoms with Crippen molar-refractivity contribution in [3.63, 3.8) is 0 Å². The maximum Gasteiger partial charge on any atom is 0.330 e. The Hall–Kier alpha value is -4.46. The molecule has 18 nitrogen and oxygen atoms in total. The monoisotopic (exact) mass is 1040 g/mol. The molecule has 0 saturated carbocycles. The molecule has 3 aromatic heterocycles. The second-order valence-corrected chi connectivity index (χ2v) is 32.8. The van der Waals surface area contributed by atoms with E-state index in [1.165, 1.54) is 17.0 Å². The van der Waals surface area contributed by atoms with Crippen molar-refractivity contribution in [1.29, 1.82) is 0 Å². The summed E-state index contributed by atoms with van der Waals surface area (Å²) < 4.78 is 57.5. The molecule has 396 valence electrons. The first-order valence-corrected chi connectivity index (χ1v) is 29.8. The van der Waals surface area contributed by atoms with Gasteiger partial charge < -0.3 is 48.1 Å². The highest BCUT2D eigenvalue weighted by atomic mass is 28.4. The lowest BCUT2D eigenvalue weighted by Gasteiger charge is -2.43. The molecule has 4 aliphatic rings. The number of fused-ring (bicyclic) bond motifs is 3. The van der Waals surface area contributed by atoms with Crippen molar-refractivity contribution in [3.05, 3.63) is 105 Å². The number of hydrogen-bond donors (Lipinski definition) is 3. The summed E-state index contributed by atoms with van der Waals surface area (Å²) in [5.74, 6) is -1.38. The molecule has 4 aliphatic heterocycles. The van der Waals surface area contributed by atoms with E-state index in [0.29, 0.717) is 39.3 Å². The van der Waals surface area contributed by atoms with Gasteiger partial charge in [-0.25, -0.2) is 19.7 Å². The summed E-state index contributed by atoms with van der Waals surface area (Å²) in [6.07, 6.45) is -5.85. The Labute approximate surface area is 429 Å². The van der Waals surface area contributed by atoms with Gasteiger partial charge in [0.1, 0.15) is 48.8 Å². The summed E-state index contributed by atoms with van der Waals surface area (Å²) in [7, 11) is -5.40. The Bertz CT molecular complexity index is 2810. The number of aliphatic hydroxyl groups excluding tert-OH is 1. The quantitative estimate of drug-likeness (QED) is 0.0864. The normalized spacial score (nSPS) is 26.4. The van der Waals surface area contributed by atoms with Crippen LogP contribution in [0.2, 0.25) is 21.7 Å². The van der Waals surface area contributed by atoms with Gasteiger partial charge in [0.15, 0.2) is 49.3 Å². The maximum atomic E-state index is 14.0. The van der Waals surface area contributed by atoms with Crippen molar-refractivity contribution >= 4 is 44.0 Å². The van der Waals surface area contributed by atoms with Crippen molar-refractivity contribution in [1.82, 2.24) is 29.1 Å². The fourth-order valence-corrected chi connectivity index (χ4v) is 22.6. The number of aromatic nitrogens is 6. The molecule has 73 heavy (non-hydrogen) atoms. The number of rotatable bonds is 17. The molecular weight excluding hydrogens is 967 g/mol. The van der Waals surface area contributed by atoms with Crippen molar-refractivity contribution in [2.75, 3.05) is 12.3 Å². The Morgan fingerprint density at radius 2 is 1.32 bits per heavy atom. The van der Waals surface area contributed by atoms with Gasteiger partial charge in [-0.1, -0.05) is 123 Å². The standard InChI is InChI=1S/C53H75N7O11Si2/c1-30(2)72(31(3)4,32(5)6)64-27-37-42-44(70-52(10,11)68-42)48(66-37)59-33(26-39(62)58-50(59)63)24-25-36(61)41-43-45(71-53(12,13)69-43)49(67-41)60-38(57-40-46(54)55-29-56-47(40)60)28-65-73(51(7,8)9,34-20-16-14-17-21-34)35-22-18-15-19-23-35/h14-23,26,29-32,36-37,41-45,48-49,61H,24-25,27-28H2,1-13H3,(H2,54,55,56)(H,58,62,63)/t36-,37-,41-,42-,43-,44-,45-,48-,49-/m1/s1. The fraction of sp³-hybridized carbons (Fsp3) is 0.604. The molecule has 0 bridgehead atoms. The zero-order valence-corrected chi connectivity index (χ0v) is 46.5. The highest BCUT2D eigenvalue weighted by molar-refractivity contribution is 6.99. The summed E-state index contributed by atoms with van der Waals surface area (Å²) in [4.78, 5) is 43.6. The van der Waals surface area contributed by atoms with Crippen LogP contribution in [0, 0.1) is 0 Å². The molecule has 4 saturated heterocycles. The molecule has 4 N–H and O–H groups in total. The number of hydrogen-bond acceptors (Lipinski definition) is 15. The molecule has 20 heteroatoms. The van der Waals surface area contributed by atoms with Crippen LogP contribution in [0.15, 0.2) is 82.6 Å². The highest BCUT2D eigenvalue weighted by Crippen LogP contribution is 2.48. The Morgan fingerprint density at radius 3 is 1.89 bits per heavy atom. The van der Waals surface area contributed by atoms with Gasteiger partial charge in [0, 0.05) is 11.8 Å². The summed E-state index contributed by atoms with van der Waals surface area (Å²) in [5, 5.41) is 14.2. The molecule has 0 amide bonds. The van der Waals surface area contributed by atoms with Crippen LogP contribution in [0.3, 0.4) is 0 Å². The molecule has 0 radical (unpaired) electrons. The molecule has 4 fully saturated rings. The molecule has 0 spiro atoms. The zero-order chi connectivity index (χ0) is 52.6. The van der Waals surface area contributed by atoms with Gasteiger partial charge >= 0.3 is 5.69 Å². The molecule has 2 aromatic carbocycles. The highest BCUT2D eigenvalue weighted by Gasteiger charge is 2.60. The first-order valence-electron chi connectivity index (χ1n) is 25.8. The van der Waals surface area contributed by atoms with E-state index < -0.39 is 94.6 Å². The van der Waals surface area contributed by atoms with Crippen LogP contribution in [-0.4, -0.2) is 112 Å². The molecular formula is C53H75N7O11Si2. The minimum absolute atomic E-state index is 0.0396. The summed E-state index contributed by atoms with van der Waals surface area (Å²) in [6.45, 7) is 27.6. The van der Waals surface area contributed by atoms with Gasteiger partial charge in [0.2, 0.25) is 0 Å². The van der Waals surface area contributed by atoms with Crippen molar-refractivity contribution in [2.45, 2.75) is 198 Å². The number of aryl methyl sites for hydroxylation is 1. The van der Waals surface area contributed by atoms with Gasteiger partial charge in [-0.3, -0.25) is 18.9 Å². The third-order valence-corrected chi connectivity index (χ3v) is 26.5. The fourth-order valence-electron chi connectivity index (χ4n) is 12.6. The van der Waals surface area contributed by atoms with Crippen LogP contribution in [0.5, 0.6) is 0 Å². The Kier molecular flexibility index (Phi) is 14.6. The number of aliphatic hydroxyl groups is 1. The number of benzene rings is 2. The van der Waals surface area contributed by atoms with E-state index in [1.807, 2.05) is 68.7 Å². The maximum absolute atomic E-state index is 14.0. The number of anilines is 1. The van der Waals surface area contributed by atoms with Crippen LogP contribution in [-0.2, 0) is 50.3 Å². The van der Waals surface area contributed by atoms with Crippen molar-refractivity contribution in [3.8, 4) is 0 Å². The summed E-state index contributed by atoms with van der Waals surface area (Å²) in [6, 6.07) is 22.0. The van der Waals surface area contributed by atoms with Crippen LogP contribution < -0.4 is 27.4 Å². The Morgan fingerprint density at radius 1 is 0.767 bits per heavy atom. The minimum atomic E-state index is -3.08. The van der Waals surface area contributed by atoms with Gasteiger partial charge in [0.05, 0.1) is 19.3 Å². The van der Waals surface area contributed by atoms with Crippen LogP contribution in [0.4, 0.5) is 5.82 Å². The predicted octanol–water partition coefficient (Wildman–Crippen LogP) is 6.36. The molecule has 0 unspecified atom stereocenters. The number of ether oxygens (including phenoxy) is 6. The molecule has 5 aromatic rings. The van der Waals surface area contributed by atoms with E-state index in [2.05, 4.69) is 102 Å². The second-order valence-electron chi connectivity index (χ2n) is 23.0. The topological polar surface area (TPSA) is 219 Å². The first-order chi connectivity index (χ1) is 34.4. The van der Waals surface area contributed by atoms with E-state index in [1.54, 1.807) is 0 Å². The van der Waals surface area contributed by atoms with Gasteiger partial charge in [0.25, 0.3) is 13.9 Å². The molecule has 9 rings (SSSR count). The lowest BCUT2D eigenvalue weighted by Crippen LogP contribution is -2.66. The first kappa shape index (κ1) is 53.4. The van der Waals surface area contributed by atoms with E-state index >= 15 is 0 Å². The van der Waals surface area contributed by atoms with Crippen LogP contribution in [0.25, 0.3) is 11.2 Å². The molecule has 9 atom stereocenters. The average Bonchev–Trinajstić information content (AvgIpc) is 4.10. The van der Waals surface area contributed by atoms with Crippen molar-refractivity contribution in [2.24, 2.45) is 0 Å². The number of nitrogens with zero attached hydrogens (tertiary/aromatic N) is 5. The SMILES string of the molecule is CC(C)[Si](OC[C@H]1O[C@@H](n2c(CC[C@@H](O)[C@H]3O[C@@H](n4c(CO[Si](c5ccccc5)(c5ccccc5)C(C)(C)C)nc5c(N)ncnc54)[C@@H]4OC(C)(C)O[C@@H]43)cc(=O)[nH]c2=O)[C@@H]2OC(C)(C)O[C@@H]21)(C(C)C)C(C)C. The molecule has 0 aliphatic carbocycles. The largest absolute Gasteiger partial charge is 0.413 e. The third kappa shape index (κ3) is 9.63. The van der Waals surface area contributed by atoms with Gasteiger partial charge in [-0.05, 0) is 72.6 Å². The third-order valence-electron chi connectivity index (χ3n) is 15.4. The van der Waals surface area contributed by atoms with Gasteiger partial charge in [-0.2, -0.15) is 0 Å². The van der Waals surface area contributed by atoms with Gasteiger partial charge in [-0.15, -0.1) is 0 Å². The predicted molar refractivity (Wildman–Crippen MR) is 280 cm³/mol. The summed E-state index contributed by atoms with van der Waals surface area (Å²) in [5.41, 5.74) is 7.37. The van der Waals surface area contributed by atoms with E-state index in [4.69, 9.17) is 48.0 Å². The number of imidazole rings is 1. The van der Waals surface area contributed by atoms with Crippen LogP contribution >= 0.6 is 0 Å². The van der Waals surface area contributed by atoms with E-state index in [-0.39, 0.29) is 36.9 Å². The van der Waals surface area contributed by atoms with Crippen molar-refractivity contribution < 1.29 is 42.4 Å². The Balaban J connectivity index is 1.02. The number of aromatic amines is 1. The zero-order valence-electron chi connectivity index (χ0n) is 44.5. The van der Waals surface area contributed by atoms with Crippen LogP contribution in [0.1, 0.15) is 120 Å². The summed E-state index contributed by atoms with van der Waals surface area (Å²) >= 11 is 0. The lowest BCUT2D eigenvalue weighted by molar-refractivity contribution is -0.207. The number of H-pyrrole nitrogens is 1. The minimum Gasteiger partial charge on any atom is -0.413 e. The smallest absolute Gasteiger partial charge is 0.330 e. The van der Waals surface area contributed by atoms with E-state index in [0.717, 1.165) is 10.4 Å². The second kappa shape index (κ2) is 19.9. The number of nitrogen functional groups attached to an aromatic ring is 1. The number of nitrogens with one attached hydrogen (secondary N) is 1. The lowest BCUT2D eigenvalue weighted by atomic mass is 10.0. The number of nitrogens with two attached hydrogens (primary N) is 1. The molecule has 7 heterocycles.